The van der Waals surface area contributed by atoms with E-state index in [4.69, 9.17) is 28.9 Å². The molecule has 33 heavy (non-hydrogen) atoms. The van der Waals surface area contributed by atoms with Gasteiger partial charge in [0.1, 0.15) is 5.82 Å². The summed E-state index contributed by atoms with van der Waals surface area (Å²) in [5.74, 6) is 3.95. The molecule has 4 aromatic rings. The van der Waals surface area contributed by atoms with Gasteiger partial charge in [0, 0.05) is 24.5 Å². The second-order valence-corrected chi connectivity index (χ2v) is 7.50. The summed E-state index contributed by atoms with van der Waals surface area (Å²) in [7, 11) is 3.22. The number of ether oxygens (including phenoxy) is 4. The van der Waals surface area contributed by atoms with E-state index in [1.165, 1.54) is 0 Å². The van der Waals surface area contributed by atoms with E-state index in [1.54, 1.807) is 14.2 Å². The minimum Gasteiger partial charge on any atom is -0.493 e. The first-order valence-corrected chi connectivity index (χ1v) is 10.6. The molecule has 0 aliphatic carbocycles. The van der Waals surface area contributed by atoms with Crippen LogP contribution in [0.5, 0.6) is 23.0 Å². The Balaban J connectivity index is 1.45. The van der Waals surface area contributed by atoms with E-state index in [9.17, 15) is 0 Å². The molecule has 1 aliphatic heterocycles. The molecule has 8 heteroatoms. The maximum atomic E-state index is 5.49. The summed E-state index contributed by atoms with van der Waals surface area (Å²) in [4.78, 5) is 9.46. The molecule has 2 heterocycles. The fourth-order valence-electron chi connectivity index (χ4n) is 3.68. The number of hydrogen-bond donors (Lipinski definition) is 2. The molecule has 0 radical (unpaired) electrons. The highest BCUT2D eigenvalue weighted by atomic mass is 16.7. The number of aromatic nitrogens is 2. The van der Waals surface area contributed by atoms with Gasteiger partial charge in [-0.3, -0.25) is 0 Å². The summed E-state index contributed by atoms with van der Waals surface area (Å²) in [5, 5.41) is 7.60. The van der Waals surface area contributed by atoms with E-state index in [-0.39, 0.29) is 6.79 Å². The van der Waals surface area contributed by atoms with Gasteiger partial charge in [0.05, 0.1) is 19.7 Å². The van der Waals surface area contributed by atoms with Gasteiger partial charge in [-0.25, -0.2) is 4.98 Å². The molecule has 0 spiro atoms. The molecule has 0 unspecified atom stereocenters. The monoisotopic (exact) mass is 444 g/mol. The lowest BCUT2D eigenvalue weighted by Crippen LogP contribution is -2.08. The van der Waals surface area contributed by atoms with Crippen molar-refractivity contribution in [3.8, 4) is 23.0 Å². The molecular weight excluding hydrogens is 420 g/mol. The normalized spacial score (nSPS) is 11.9. The van der Waals surface area contributed by atoms with Crippen LogP contribution in [0.1, 0.15) is 11.1 Å². The van der Waals surface area contributed by atoms with Crippen LogP contribution in [0.25, 0.3) is 10.9 Å². The molecule has 0 bridgehead atoms. The van der Waals surface area contributed by atoms with Crippen molar-refractivity contribution >= 4 is 22.7 Å². The number of nitrogens with one attached hydrogen (secondary N) is 2. The standard InChI is InChI=1S/C25H24N4O4/c1-30-21-11-18-19(12-22(21)31-2)28-25(29-24(18)26-13-16-6-4-3-5-7-16)27-14-17-8-9-20-23(10-17)33-15-32-20/h3-12H,13-15H2,1-2H3,(H2,26,27,28,29). The fraction of sp³-hybridized carbons (Fsp3) is 0.200. The third-order valence-electron chi connectivity index (χ3n) is 5.39. The van der Waals surface area contributed by atoms with Gasteiger partial charge in [-0.15, -0.1) is 0 Å². The zero-order valence-electron chi connectivity index (χ0n) is 18.4. The zero-order valence-corrected chi connectivity index (χ0v) is 18.4. The summed E-state index contributed by atoms with van der Waals surface area (Å²) in [6, 6.07) is 19.8. The molecule has 1 aliphatic rings. The van der Waals surface area contributed by atoms with E-state index in [0.717, 1.165) is 33.5 Å². The van der Waals surface area contributed by atoms with Crippen LogP contribution in [-0.2, 0) is 13.1 Å². The van der Waals surface area contributed by atoms with Crippen LogP contribution >= 0.6 is 0 Å². The number of anilines is 2. The predicted octanol–water partition coefficient (Wildman–Crippen LogP) is 4.60. The molecular formula is C25H24N4O4. The zero-order chi connectivity index (χ0) is 22.6. The smallest absolute Gasteiger partial charge is 0.231 e. The molecule has 0 saturated carbocycles. The van der Waals surface area contributed by atoms with Crippen molar-refractivity contribution < 1.29 is 18.9 Å². The Morgan fingerprint density at radius 2 is 1.55 bits per heavy atom. The predicted molar refractivity (Wildman–Crippen MR) is 126 cm³/mol. The quantitative estimate of drug-likeness (QED) is 0.408. The van der Waals surface area contributed by atoms with Crippen LogP contribution in [0.3, 0.4) is 0 Å². The first-order chi connectivity index (χ1) is 16.2. The molecule has 0 amide bonds. The van der Waals surface area contributed by atoms with Crippen molar-refractivity contribution in [1.82, 2.24) is 9.97 Å². The molecule has 0 saturated heterocycles. The van der Waals surface area contributed by atoms with Gasteiger partial charge in [0.2, 0.25) is 12.7 Å². The summed E-state index contributed by atoms with van der Waals surface area (Å²) in [5.41, 5.74) is 2.93. The van der Waals surface area contributed by atoms with Gasteiger partial charge in [0.15, 0.2) is 23.0 Å². The van der Waals surface area contributed by atoms with E-state index < -0.39 is 0 Å². The van der Waals surface area contributed by atoms with Gasteiger partial charge in [-0.05, 0) is 29.3 Å². The van der Waals surface area contributed by atoms with Crippen LogP contribution in [-0.4, -0.2) is 31.0 Å². The number of hydrogen-bond acceptors (Lipinski definition) is 8. The average Bonchev–Trinajstić information content (AvgIpc) is 3.33. The molecule has 5 rings (SSSR count). The fourth-order valence-corrected chi connectivity index (χ4v) is 3.68. The third kappa shape index (κ3) is 4.41. The van der Waals surface area contributed by atoms with Crippen LogP contribution in [0.2, 0.25) is 0 Å². The Morgan fingerprint density at radius 3 is 2.36 bits per heavy atom. The number of fused-ring (bicyclic) bond motifs is 2. The summed E-state index contributed by atoms with van der Waals surface area (Å²) >= 11 is 0. The SMILES string of the molecule is COc1cc2nc(NCc3ccc4c(c3)OCO4)nc(NCc3ccccc3)c2cc1OC. The molecule has 1 aromatic heterocycles. The van der Waals surface area contributed by atoms with Gasteiger partial charge < -0.3 is 29.6 Å². The average molecular weight is 444 g/mol. The second-order valence-electron chi connectivity index (χ2n) is 7.50. The van der Waals surface area contributed by atoms with Crippen LogP contribution < -0.4 is 29.6 Å². The van der Waals surface area contributed by atoms with Crippen LogP contribution in [0, 0.1) is 0 Å². The van der Waals surface area contributed by atoms with Crippen LogP contribution in [0.4, 0.5) is 11.8 Å². The minimum atomic E-state index is 0.252. The summed E-state index contributed by atoms with van der Waals surface area (Å²) in [6.45, 7) is 1.41. The topological polar surface area (TPSA) is 86.8 Å². The first-order valence-electron chi connectivity index (χ1n) is 10.6. The Hall–Kier alpha value is -4.20. The lowest BCUT2D eigenvalue weighted by molar-refractivity contribution is 0.174. The van der Waals surface area contributed by atoms with Gasteiger partial charge >= 0.3 is 0 Å². The molecule has 0 atom stereocenters. The number of rotatable bonds is 8. The van der Waals surface area contributed by atoms with Gasteiger partial charge in [0.25, 0.3) is 0 Å². The largest absolute Gasteiger partial charge is 0.493 e. The van der Waals surface area contributed by atoms with Gasteiger partial charge in [-0.1, -0.05) is 36.4 Å². The third-order valence-corrected chi connectivity index (χ3v) is 5.39. The maximum absolute atomic E-state index is 5.49. The van der Waals surface area contributed by atoms with Crippen molar-refractivity contribution in [3.05, 3.63) is 71.8 Å². The highest BCUT2D eigenvalue weighted by molar-refractivity contribution is 5.92. The lowest BCUT2D eigenvalue weighted by atomic mass is 10.2. The Labute approximate surface area is 191 Å². The van der Waals surface area contributed by atoms with E-state index >= 15 is 0 Å². The van der Waals surface area contributed by atoms with E-state index in [0.29, 0.717) is 36.4 Å². The Morgan fingerprint density at radius 1 is 0.788 bits per heavy atom. The Kier molecular flexibility index (Phi) is 5.72. The summed E-state index contributed by atoms with van der Waals surface area (Å²) in [6.07, 6.45) is 0. The first kappa shape index (κ1) is 20.7. The van der Waals surface area contributed by atoms with E-state index in [2.05, 4.69) is 22.8 Å². The minimum absolute atomic E-state index is 0.252. The number of methoxy groups -OCH3 is 2. The van der Waals surface area contributed by atoms with Crippen molar-refractivity contribution in [1.29, 1.82) is 0 Å². The molecule has 8 nitrogen and oxygen atoms in total. The maximum Gasteiger partial charge on any atom is 0.231 e. The van der Waals surface area contributed by atoms with Crippen LogP contribution in [0.15, 0.2) is 60.7 Å². The van der Waals surface area contributed by atoms with Crippen molar-refractivity contribution in [2.24, 2.45) is 0 Å². The molecule has 0 fully saturated rings. The van der Waals surface area contributed by atoms with Crippen molar-refractivity contribution in [2.45, 2.75) is 13.1 Å². The number of nitrogens with zero attached hydrogens (tertiary/aromatic N) is 2. The second kappa shape index (κ2) is 9.12. The molecule has 3 aromatic carbocycles. The Bertz CT molecular complexity index is 1280. The van der Waals surface area contributed by atoms with Crippen molar-refractivity contribution in [3.63, 3.8) is 0 Å². The molecule has 2 N–H and O–H groups in total. The highest BCUT2D eigenvalue weighted by Gasteiger charge is 2.15. The molecule has 168 valence electrons. The van der Waals surface area contributed by atoms with Gasteiger partial charge in [-0.2, -0.15) is 4.98 Å². The van der Waals surface area contributed by atoms with Crippen molar-refractivity contribution in [2.75, 3.05) is 31.6 Å². The lowest BCUT2D eigenvalue weighted by Gasteiger charge is -2.15. The highest BCUT2D eigenvalue weighted by Crippen LogP contribution is 2.35. The van der Waals surface area contributed by atoms with E-state index in [1.807, 2.05) is 48.5 Å². The summed E-state index contributed by atoms with van der Waals surface area (Å²) < 4.78 is 21.8. The number of benzene rings is 3.